The van der Waals surface area contributed by atoms with Crippen LogP contribution in [0.15, 0.2) is 46.4 Å². The van der Waals surface area contributed by atoms with E-state index in [0.717, 1.165) is 17.0 Å². The van der Waals surface area contributed by atoms with Crippen LogP contribution in [-0.4, -0.2) is 22.8 Å². The molecule has 1 aliphatic heterocycles. The van der Waals surface area contributed by atoms with Gasteiger partial charge in [-0.1, -0.05) is 11.6 Å². The Morgan fingerprint density at radius 3 is 2.40 bits per heavy atom. The first-order valence-corrected chi connectivity index (χ1v) is 7.16. The predicted octanol–water partition coefficient (Wildman–Crippen LogP) is 2.51. The van der Waals surface area contributed by atoms with Gasteiger partial charge in [-0.3, -0.25) is 25.0 Å². The van der Waals surface area contributed by atoms with Crippen LogP contribution < -0.4 is 10.2 Å². The van der Waals surface area contributed by atoms with Gasteiger partial charge < -0.3 is 4.42 Å². The second kappa shape index (κ2) is 6.21. The molecule has 126 valence electrons. The number of imide groups is 2. The van der Waals surface area contributed by atoms with Crippen LogP contribution in [0, 0.1) is 10.1 Å². The van der Waals surface area contributed by atoms with Gasteiger partial charge in [-0.15, -0.1) is 0 Å². The minimum absolute atomic E-state index is 0.0735. The van der Waals surface area contributed by atoms with Gasteiger partial charge in [0.05, 0.1) is 11.8 Å². The number of nitro groups is 1. The van der Waals surface area contributed by atoms with E-state index in [1.807, 2.05) is 5.32 Å². The van der Waals surface area contributed by atoms with Crippen molar-refractivity contribution in [3.63, 3.8) is 0 Å². The molecule has 1 fully saturated rings. The van der Waals surface area contributed by atoms with Crippen LogP contribution >= 0.6 is 11.6 Å². The number of hydrogen-bond acceptors (Lipinski definition) is 6. The summed E-state index contributed by atoms with van der Waals surface area (Å²) in [6.07, 6.45) is 1.03. The van der Waals surface area contributed by atoms with Crippen molar-refractivity contribution in [3.8, 4) is 0 Å². The molecule has 1 aromatic heterocycles. The first-order valence-electron chi connectivity index (χ1n) is 6.78. The summed E-state index contributed by atoms with van der Waals surface area (Å²) in [5.41, 5.74) is -0.200. The van der Waals surface area contributed by atoms with Crippen molar-refractivity contribution >= 4 is 47.1 Å². The number of urea groups is 1. The highest BCUT2D eigenvalue weighted by Gasteiger charge is 2.37. The second-order valence-electron chi connectivity index (χ2n) is 4.87. The molecule has 1 aromatic carbocycles. The summed E-state index contributed by atoms with van der Waals surface area (Å²) in [6, 6.07) is 7.23. The molecule has 1 saturated heterocycles. The van der Waals surface area contributed by atoms with Gasteiger partial charge in [0.2, 0.25) is 0 Å². The number of furan rings is 1. The largest absolute Gasteiger partial charge is 0.433 e. The number of rotatable bonds is 3. The van der Waals surface area contributed by atoms with Crippen molar-refractivity contribution in [1.82, 2.24) is 5.32 Å². The zero-order valence-corrected chi connectivity index (χ0v) is 13.0. The van der Waals surface area contributed by atoms with Crippen molar-refractivity contribution < 1.29 is 23.7 Å². The molecule has 0 aliphatic carbocycles. The predicted molar refractivity (Wildman–Crippen MR) is 85.8 cm³/mol. The lowest BCUT2D eigenvalue weighted by atomic mass is 10.1. The summed E-state index contributed by atoms with van der Waals surface area (Å²) < 4.78 is 4.90. The van der Waals surface area contributed by atoms with E-state index < -0.39 is 34.2 Å². The fraction of sp³-hybridized carbons (Fsp3) is 0. The Labute approximate surface area is 144 Å². The highest BCUT2D eigenvalue weighted by molar-refractivity contribution is 6.39. The highest BCUT2D eigenvalue weighted by atomic mass is 35.5. The average Bonchev–Trinajstić information content (AvgIpc) is 3.02. The number of carbonyl (C=O) groups is 3. The lowest BCUT2D eigenvalue weighted by Crippen LogP contribution is -2.54. The van der Waals surface area contributed by atoms with Gasteiger partial charge >= 0.3 is 11.9 Å². The maximum absolute atomic E-state index is 12.5. The van der Waals surface area contributed by atoms with Crippen molar-refractivity contribution in [1.29, 1.82) is 0 Å². The number of nitrogens with zero attached hydrogens (tertiary/aromatic N) is 2. The monoisotopic (exact) mass is 361 g/mol. The first-order chi connectivity index (χ1) is 11.9. The van der Waals surface area contributed by atoms with Gasteiger partial charge in [0, 0.05) is 5.02 Å². The van der Waals surface area contributed by atoms with Crippen LogP contribution in [0.2, 0.25) is 5.02 Å². The summed E-state index contributed by atoms with van der Waals surface area (Å²) >= 11 is 5.77. The van der Waals surface area contributed by atoms with Crippen LogP contribution in [0.4, 0.5) is 16.4 Å². The fourth-order valence-corrected chi connectivity index (χ4v) is 2.27. The lowest BCUT2D eigenvalue weighted by Gasteiger charge is -2.26. The summed E-state index contributed by atoms with van der Waals surface area (Å²) in [4.78, 5) is 47.1. The zero-order chi connectivity index (χ0) is 18.1. The van der Waals surface area contributed by atoms with Crippen LogP contribution in [0.5, 0.6) is 0 Å². The standard InChI is InChI=1S/C15H8ClN3O6/c16-8-1-3-9(4-2-8)18-14(21)11(13(20)17-15(18)22)7-10-5-6-12(25-10)19(23)24/h1-7H,(H,17,20,22)/b11-7+. The van der Waals surface area contributed by atoms with E-state index in [0.29, 0.717) is 5.02 Å². The molecular formula is C15H8ClN3O6. The molecule has 9 nitrogen and oxygen atoms in total. The normalized spacial score (nSPS) is 16.3. The summed E-state index contributed by atoms with van der Waals surface area (Å²) in [5.74, 6) is -2.44. The van der Waals surface area contributed by atoms with Gasteiger partial charge in [-0.05, 0) is 36.4 Å². The van der Waals surface area contributed by atoms with Gasteiger partial charge in [0.15, 0.2) is 0 Å². The molecule has 10 heteroatoms. The zero-order valence-electron chi connectivity index (χ0n) is 12.3. The smallest absolute Gasteiger partial charge is 0.401 e. The maximum atomic E-state index is 12.5. The first kappa shape index (κ1) is 16.4. The molecule has 1 aliphatic rings. The third kappa shape index (κ3) is 3.12. The van der Waals surface area contributed by atoms with Crippen LogP contribution in [0.1, 0.15) is 5.76 Å². The Bertz CT molecular complexity index is 931. The topological polar surface area (TPSA) is 123 Å². The molecule has 0 bridgehead atoms. The number of anilines is 1. The SMILES string of the molecule is O=C1NC(=O)N(c2ccc(Cl)cc2)C(=O)/C1=C/c1ccc([N+](=O)[O-])o1. The number of amides is 4. The molecule has 0 unspecified atom stereocenters. The van der Waals surface area contributed by atoms with E-state index in [2.05, 4.69) is 0 Å². The van der Waals surface area contributed by atoms with E-state index in [4.69, 9.17) is 16.0 Å². The third-order valence-electron chi connectivity index (χ3n) is 3.27. The van der Waals surface area contributed by atoms with Crippen molar-refractivity contribution in [2.45, 2.75) is 0 Å². The van der Waals surface area contributed by atoms with Gasteiger partial charge in [-0.2, -0.15) is 0 Å². The molecule has 0 saturated carbocycles. The molecule has 3 rings (SSSR count). The molecule has 0 spiro atoms. The van der Waals surface area contributed by atoms with Crippen LogP contribution in [0.3, 0.4) is 0 Å². The molecule has 4 amide bonds. The molecule has 1 N–H and O–H groups in total. The minimum Gasteiger partial charge on any atom is -0.401 e. The molecule has 0 atom stereocenters. The van der Waals surface area contributed by atoms with Crippen LogP contribution in [0.25, 0.3) is 6.08 Å². The van der Waals surface area contributed by atoms with E-state index in [9.17, 15) is 24.5 Å². The number of nitrogens with one attached hydrogen (secondary N) is 1. The number of carbonyl (C=O) groups excluding carboxylic acids is 3. The molecule has 2 aromatic rings. The van der Waals surface area contributed by atoms with E-state index in [1.54, 1.807) is 0 Å². The Morgan fingerprint density at radius 2 is 1.80 bits per heavy atom. The van der Waals surface area contributed by atoms with Crippen LogP contribution in [-0.2, 0) is 9.59 Å². The Kier molecular flexibility index (Phi) is 4.07. The summed E-state index contributed by atoms with van der Waals surface area (Å²) in [5, 5.41) is 13.1. The highest BCUT2D eigenvalue weighted by Crippen LogP contribution is 2.24. The Hall–Kier alpha value is -3.46. The maximum Gasteiger partial charge on any atom is 0.433 e. The van der Waals surface area contributed by atoms with Crippen molar-refractivity contribution in [2.75, 3.05) is 4.90 Å². The molecule has 25 heavy (non-hydrogen) atoms. The Balaban J connectivity index is 1.98. The quantitative estimate of drug-likeness (QED) is 0.388. The molecule has 2 heterocycles. The lowest BCUT2D eigenvalue weighted by molar-refractivity contribution is -0.402. The number of hydrogen-bond donors (Lipinski definition) is 1. The number of halogens is 1. The third-order valence-corrected chi connectivity index (χ3v) is 3.52. The number of barbiturate groups is 1. The number of benzene rings is 1. The summed E-state index contributed by atoms with van der Waals surface area (Å²) in [6.45, 7) is 0. The van der Waals surface area contributed by atoms with Gasteiger partial charge in [0.1, 0.15) is 16.3 Å². The molecule has 0 radical (unpaired) electrons. The fourth-order valence-electron chi connectivity index (χ4n) is 2.14. The van der Waals surface area contributed by atoms with Crippen molar-refractivity contribution in [2.24, 2.45) is 0 Å². The minimum atomic E-state index is -0.931. The summed E-state index contributed by atoms with van der Waals surface area (Å²) in [7, 11) is 0. The van der Waals surface area contributed by atoms with Gasteiger partial charge in [0.25, 0.3) is 11.8 Å². The van der Waals surface area contributed by atoms with E-state index >= 15 is 0 Å². The van der Waals surface area contributed by atoms with Crippen molar-refractivity contribution in [3.05, 3.63) is 62.9 Å². The van der Waals surface area contributed by atoms with E-state index in [-0.39, 0.29) is 11.4 Å². The Morgan fingerprint density at radius 1 is 1.12 bits per heavy atom. The molecular weight excluding hydrogens is 354 g/mol. The van der Waals surface area contributed by atoms with Gasteiger partial charge in [-0.25, -0.2) is 9.69 Å². The van der Waals surface area contributed by atoms with E-state index in [1.165, 1.54) is 30.3 Å². The second-order valence-corrected chi connectivity index (χ2v) is 5.30. The average molecular weight is 362 g/mol.